The highest BCUT2D eigenvalue weighted by molar-refractivity contribution is 5.95. The van der Waals surface area contributed by atoms with E-state index in [0.29, 0.717) is 18.7 Å². The topological polar surface area (TPSA) is 61.4 Å². The quantitative estimate of drug-likeness (QED) is 0.767. The Hall–Kier alpha value is -2.66. The molecule has 0 bridgehead atoms. The summed E-state index contributed by atoms with van der Waals surface area (Å²) < 4.78 is 0. The van der Waals surface area contributed by atoms with Gasteiger partial charge in [-0.25, -0.2) is 0 Å². The lowest BCUT2D eigenvalue weighted by atomic mass is 10.1. The van der Waals surface area contributed by atoms with Gasteiger partial charge < -0.3 is 15.5 Å². The minimum Gasteiger partial charge on any atom is -0.352 e. The summed E-state index contributed by atoms with van der Waals surface area (Å²) in [6.45, 7) is 2.92. The Balaban J connectivity index is 1.86. The van der Waals surface area contributed by atoms with Gasteiger partial charge in [0, 0.05) is 25.1 Å². The number of rotatable bonds is 8. The van der Waals surface area contributed by atoms with Crippen molar-refractivity contribution in [2.45, 2.75) is 19.4 Å². The number of hydrogen-bond acceptors (Lipinski definition) is 3. The summed E-state index contributed by atoms with van der Waals surface area (Å²) in [6.07, 6.45) is 0.244. The van der Waals surface area contributed by atoms with Gasteiger partial charge in [-0.3, -0.25) is 9.59 Å². The van der Waals surface area contributed by atoms with Crippen LogP contribution in [0.3, 0.4) is 0 Å². The SMILES string of the molecule is Cc1ccccc1C(=O)NCCC(=O)N[C@H](CN(C)C)c1ccccc1. The summed E-state index contributed by atoms with van der Waals surface area (Å²) in [5.74, 6) is -0.227. The molecule has 0 unspecified atom stereocenters. The third kappa shape index (κ3) is 6.01. The fraction of sp³-hybridized carbons (Fsp3) is 0.333. The Morgan fingerprint density at radius 1 is 1.00 bits per heavy atom. The number of aryl methyl sites for hydroxylation is 1. The molecule has 138 valence electrons. The van der Waals surface area contributed by atoms with E-state index < -0.39 is 0 Å². The maximum Gasteiger partial charge on any atom is 0.251 e. The van der Waals surface area contributed by atoms with Gasteiger partial charge in [-0.1, -0.05) is 48.5 Å². The van der Waals surface area contributed by atoms with Gasteiger partial charge in [0.15, 0.2) is 0 Å². The van der Waals surface area contributed by atoms with Crippen molar-refractivity contribution in [3.63, 3.8) is 0 Å². The van der Waals surface area contributed by atoms with Crippen LogP contribution in [0.2, 0.25) is 0 Å². The first-order valence-corrected chi connectivity index (χ1v) is 8.80. The van der Waals surface area contributed by atoms with Crippen LogP contribution in [0.5, 0.6) is 0 Å². The zero-order valence-electron chi connectivity index (χ0n) is 15.7. The van der Waals surface area contributed by atoms with Gasteiger partial charge in [0.25, 0.3) is 5.91 Å². The predicted molar refractivity (Wildman–Crippen MR) is 104 cm³/mol. The van der Waals surface area contributed by atoms with Crippen molar-refractivity contribution >= 4 is 11.8 Å². The van der Waals surface area contributed by atoms with Crippen molar-refractivity contribution < 1.29 is 9.59 Å². The van der Waals surface area contributed by atoms with Crippen molar-refractivity contribution in [3.05, 3.63) is 71.3 Å². The second-order valence-corrected chi connectivity index (χ2v) is 6.61. The van der Waals surface area contributed by atoms with Crippen LogP contribution in [0.15, 0.2) is 54.6 Å². The number of hydrogen-bond donors (Lipinski definition) is 2. The molecule has 0 aliphatic carbocycles. The molecule has 0 aliphatic rings. The first-order valence-electron chi connectivity index (χ1n) is 8.80. The molecule has 5 nitrogen and oxygen atoms in total. The second kappa shape index (κ2) is 9.73. The van der Waals surface area contributed by atoms with Crippen molar-refractivity contribution in [2.75, 3.05) is 27.2 Å². The number of benzene rings is 2. The number of nitrogens with one attached hydrogen (secondary N) is 2. The highest BCUT2D eigenvalue weighted by Crippen LogP contribution is 2.13. The maximum atomic E-state index is 12.3. The average Bonchev–Trinajstić information content (AvgIpc) is 2.62. The van der Waals surface area contributed by atoms with Gasteiger partial charge in [-0.05, 0) is 38.2 Å². The Labute approximate surface area is 155 Å². The second-order valence-electron chi connectivity index (χ2n) is 6.61. The molecule has 5 heteroatoms. The Morgan fingerprint density at radius 3 is 2.31 bits per heavy atom. The van der Waals surface area contributed by atoms with Crippen LogP contribution in [-0.4, -0.2) is 43.9 Å². The molecule has 0 spiro atoms. The van der Waals surface area contributed by atoms with Gasteiger partial charge in [0.05, 0.1) is 6.04 Å². The molecule has 26 heavy (non-hydrogen) atoms. The van der Waals surface area contributed by atoms with Crippen LogP contribution >= 0.6 is 0 Å². The molecule has 2 aromatic rings. The Morgan fingerprint density at radius 2 is 1.65 bits per heavy atom. The molecule has 0 saturated carbocycles. The van der Waals surface area contributed by atoms with E-state index in [9.17, 15) is 9.59 Å². The molecule has 2 aromatic carbocycles. The molecule has 0 aromatic heterocycles. The smallest absolute Gasteiger partial charge is 0.251 e. The molecule has 2 rings (SSSR count). The highest BCUT2D eigenvalue weighted by Gasteiger charge is 2.15. The van der Waals surface area contributed by atoms with E-state index >= 15 is 0 Å². The van der Waals surface area contributed by atoms with Crippen LogP contribution in [0.1, 0.15) is 33.9 Å². The zero-order valence-corrected chi connectivity index (χ0v) is 15.7. The number of amides is 2. The summed E-state index contributed by atoms with van der Waals surface area (Å²) in [4.78, 5) is 26.5. The Bertz CT molecular complexity index is 729. The fourth-order valence-corrected chi connectivity index (χ4v) is 2.76. The van der Waals surface area contributed by atoms with Gasteiger partial charge in [0.2, 0.25) is 5.91 Å². The molecular weight excluding hydrogens is 326 g/mol. The van der Waals surface area contributed by atoms with Crippen molar-refractivity contribution in [2.24, 2.45) is 0 Å². The standard InChI is InChI=1S/C21H27N3O2/c1-16-9-7-8-12-18(16)21(26)22-14-13-20(25)23-19(15-24(2)3)17-10-5-4-6-11-17/h4-12,19H,13-15H2,1-3H3,(H,22,26)(H,23,25)/t19-/m1/s1. The molecule has 2 amide bonds. The lowest BCUT2D eigenvalue weighted by Gasteiger charge is -2.23. The summed E-state index contributed by atoms with van der Waals surface area (Å²) >= 11 is 0. The molecule has 0 fully saturated rings. The fourth-order valence-electron chi connectivity index (χ4n) is 2.76. The third-order valence-corrected chi connectivity index (χ3v) is 4.11. The zero-order chi connectivity index (χ0) is 18.9. The van der Waals surface area contributed by atoms with E-state index in [4.69, 9.17) is 0 Å². The summed E-state index contributed by atoms with van der Waals surface area (Å²) in [7, 11) is 3.95. The number of carbonyl (C=O) groups is 2. The lowest BCUT2D eigenvalue weighted by molar-refractivity contribution is -0.121. The van der Waals surface area contributed by atoms with Crippen molar-refractivity contribution in [1.82, 2.24) is 15.5 Å². The van der Waals surface area contributed by atoms with Gasteiger partial charge in [-0.2, -0.15) is 0 Å². The van der Waals surface area contributed by atoms with E-state index in [2.05, 4.69) is 10.6 Å². The highest BCUT2D eigenvalue weighted by atomic mass is 16.2. The van der Waals surface area contributed by atoms with Gasteiger partial charge in [-0.15, -0.1) is 0 Å². The van der Waals surface area contributed by atoms with E-state index in [1.54, 1.807) is 6.07 Å². The summed E-state index contributed by atoms with van der Waals surface area (Å²) in [5.41, 5.74) is 2.63. The monoisotopic (exact) mass is 353 g/mol. The molecule has 0 saturated heterocycles. The first kappa shape index (κ1) is 19.7. The molecule has 0 aliphatic heterocycles. The van der Waals surface area contributed by atoms with E-state index in [0.717, 1.165) is 11.1 Å². The molecular formula is C21H27N3O2. The number of carbonyl (C=O) groups excluding carboxylic acids is 2. The first-order chi connectivity index (χ1) is 12.5. The molecule has 2 N–H and O–H groups in total. The van der Waals surface area contributed by atoms with Crippen molar-refractivity contribution in [3.8, 4) is 0 Å². The van der Waals surface area contributed by atoms with Crippen LogP contribution in [0, 0.1) is 6.92 Å². The van der Waals surface area contributed by atoms with Crippen molar-refractivity contribution in [1.29, 1.82) is 0 Å². The average molecular weight is 353 g/mol. The maximum absolute atomic E-state index is 12.3. The number of likely N-dealkylation sites (N-methyl/N-ethyl adjacent to an activating group) is 1. The Kier molecular flexibility index (Phi) is 7.36. The largest absolute Gasteiger partial charge is 0.352 e. The lowest BCUT2D eigenvalue weighted by Crippen LogP contribution is -2.37. The van der Waals surface area contributed by atoms with Gasteiger partial charge >= 0.3 is 0 Å². The van der Waals surface area contributed by atoms with Crippen LogP contribution in [-0.2, 0) is 4.79 Å². The van der Waals surface area contributed by atoms with E-state index in [1.165, 1.54) is 0 Å². The predicted octanol–water partition coefficient (Wildman–Crippen LogP) is 2.53. The third-order valence-electron chi connectivity index (χ3n) is 4.11. The minimum atomic E-state index is -0.149. The summed E-state index contributed by atoms with van der Waals surface area (Å²) in [5, 5.41) is 5.87. The van der Waals surface area contributed by atoms with Crippen LogP contribution in [0.4, 0.5) is 0 Å². The summed E-state index contributed by atoms with van der Waals surface area (Å²) in [6, 6.07) is 17.2. The minimum absolute atomic E-state index is 0.0780. The molecule has 0 radical (unpaired) electrons. The van der Waals surface area contributed by atoms with Gasteiger partial charge in [0.1, 0.15) is 0 Å². The molecule has 1 atom stereocenters. The van der Waals surface area contributed by atoms with Crippen LogP contribution < -0.4 is 10.6 Å². The van der Waals surface area contributed by atoms with E-state index in [1.807, 2.05) is 74.4 Å². The number of nitrogens with zero attached hydrogens (tertiary/aromatic N) is 1. The molecule has 0 heterocycles. The van der Waals surface area contributed by atoms with E-state index in [-0.39, 0.29) is 24.3 Å². The van der Waals surface area contributed by atoms with Crippen LogP contribution in [0.25, 0.3) is 0 Å². The normalized spacial score (nSPS) is 11.8.